The Morgan fingerprint density at radius 1 is 1.53 bits per heavy atom. The molecule has 17 heavy (non-hydrogen) atoms. The maximum atomic E-state index is 12.9. The maximum absolute atomic E-state index is 12.9. The summed E-state index contributed by atoms with van der Waals surface area (Å²) in [4.78, 5) is 22.4. The zero-order chi connectivity index (χ0) is 12.4. The Morgan fingerprint density at radius 3 is 2.88 bits per heavy atom. The molecule has 0 spiro atoms. The van der Waals surface area contributed by atoms with Crippen LogP contribution in [0.5, 0.6) is 0 Å². The van der Waals surface area contributed by atoms with Crippen molar-refractivity contribution >= 4 is 34.8 Å². The summed E-state index contributed by atoms with van der Waals surface area (Å²) in [5, 5.41) is 5.92. The average Bonchev–Trinajstić information content (AvgIpc) is 2.70. The molecule has 1 aliphatic rings. The van der Waals surface area contributed by atoms with Crippen molar-refractivity contribution in [2.75, 3.05) is 5.32 Å². The van der Waals surface area contributed by atoms with Crippen LogP contribution >= 0.6 is 11.6 Å². The van der Waals surface area contributed by atoms with Crippen LogP contribution in [0.25, 0.3) is 0 Å². The molecule has 2 amide bonds. The number of nitrogens with one attached hydrogen (secondary N) is 2. The van der Waals surface area contributed by atoms with Gasteiger partial charge in [-0.15, -0.1) is 0 Å². The summed E-state index contributed by atoms with van der Waals surface area (Å²) in [7, 11) is 0. The molecule has 0 radical (unpaired) electrons. The number of amides is 2. The smallest absolute Gasteiger partial charge is 0.272 e. The molecule has 0 saturated heterocycles. The fourth-order valence-corrected chi connectivity index (χ4v) is 1.45. The molecule has 0 aliphatic carbocycles. The molecule has 1 aromatic rings. The highest BCUT2D eigenvalue weighted by Crippen LogP contribution is 2.19. The Morgan fingerprint density at radius 2 is 2.29 bits per heavy atom. The van der Waals surface area contributed by atoms with Crippen molar-refractivity contribution in [2.24, 2.45) is 5.10 Å². The van der Waals surface area contributed by atoms with Crippen LogP contribution in [0.4, 0.5) is 10.1 Å². The van der Waals surface area contributed by atoms with E-state index in [-0.39, 0.29) is 23.1 Å². The lowest BCUT2D eigenvalue weighted by molar-refractivity contribution is -0.119. The molecule has 5 nitrogen and oxygen atoms in total. The molecule has 0 fully saturated rings. The summed E-state index contributed by atoms with van der Waals surface area (Å²) >= 11 is 5.56. The predicted molar refractivity (Wildman–Crippen MR) is 60.2 cm³/mol. The molecule has 0 bridgehead atoms. The van der Waals surface area contributed by atoms with Gasteiger partial charge in [-0.25, -0.2) is 9.82 Å². The molecule has 2 N–H and O–H groups in total. The molecule has 2 rings (SSSR count). The Balaban J connectivity index is 2.08. The van der Waals surface area contributed by atoms with E-state index in [4.69, 9.17) is 11.6 Å². The van der Waals surface area contributed by atoms with Gasteiger partial charge in [0, 0.05) is 5.69 Å². The molecule has 0 unspecified atom stereocenters. The minimum Gasteiger partial charge on any atom is -0.321 e. The van der Waals surface area contributed by atoms with Crippen LogP contribution < -0.4 is 10.7 Å². The number of nitrogens with zero attached hydrogens (tertiary/aromatic N) is 1. The van der Waals surface area contributed by atoms with Crippen molar-refractivity contribution in [3.63, 3.8) is 0 Å². The van der Waals surface area contributed by atoms with Crippen LogP contribution in [0.3, 0.4) is 0 Å². The monoisotopic (exact) mass is 255 g/mol. The first-order valence-corrected chi connectivity index (χ1v) is 5.06. The molecule has 0 aromatic heterocycles. The summed E-state index contributed by atoms with van der Waals surface area (Å²) in [5.74, 6) is -1.43. The number of hydrogen-bond acceptors (Lipinski definition) is 3. The topological polar surface area (TPSA) is 70.6 Å². The van der Waals surface area contributed by atoms with Gasteiger partial charge in [0.05, 0.1) is 11.4 Å². The summed E-state index contributed by atoms with van der Waals surface area (Å²) in [5.41, 5.74) is 2.57. The van der Waals surface area contributed by atoms with Crippen molar-refractivity contribution in [1.29, 1.82) is 0 Å². The van der Waals surface area contributed by atoms with Gasteiger partial charge in [-0.3, -0.25) is 9.59 Å². The van der Waals surface area contributed by atoms with E-state index in [1.807, 2.05) is 0 Å². The number of carbonyl (C=O) groups is 2. The number of rotatable bonds is 2. The van der Waals surface area contributed by atoms with Crippen LogP contribution in [0.1, 0.15) is 6.42 Å². The minimum atomic E-state index is -0.570. The first-order chi connectivity index (χ1) is 8.06. The summed E-state index contributed by atoms with van der Waals surface area (Å²) in [6, 6.07) is 3.78. The minimum absolute atomic E-state index is 0.0687. The van der Waals surface area contributed by atoms with Crippen LogP contribution in [-0.4, -0.2) is 17.5 Å². The molecule has 0 saturated carbocycles. The van der Waals surface area contributed by atoms with E-state index in [0.29, 0.717) is 5.69 Å². The highest BCUT2D eigenvalue weighted by atomic mass is 35.5. The van der Waals surface area contributed by atoms with E-state index in [1.165, 1.54) is 12.1 Å². The Hall–Kier alpha value is -1.95. The van der Waals surface area contributed by atoms with Gasteiger partial charge in [-0.1, -0.05) is 11.6 Å². The Bertz CT molecular complexity index is 530. The zero-order valence-electron chi connectivity index (χ0n) is 8.46. The summed E-state index contributed by atoms with van der Waals surface area (Å²) < 4.78 is 12.9. The number of hydrogen-bond donors (Lipinski definition) is 2. The fraction of sp³-hybridized carbons (Fsp3) is 0.100. The van der Waals surface area contributed by atoms with E-state index in [1.54, 1.807) is 0 Å². The number of anilines is 1. The van der Waals surface area contributed by atoms with Gasteiger partial charge < -0.3 is 5.32 Å². The molecule has 1 aliphatic heterocycles. The van der Waals surface area contributed by atoms with Crippen molar-refractivity contribution in [1.82, 2.24) is 5.43 Å². The van der Waals surface area contributed by atoms with Gasteiger partial charge in [-0.05, 0) is 18.2 Å². The molecule has 1 heterocycles. The van der Waals surface area contributed by atoms with Crippen molar-refractivity contribution in [3.8, 4) is 0 Å². The lowest BCUT2D eigenvalue weighted by Gasteiger charge is -2.04. The quantitative estimate of drug-likeness (QED) is 0.836. The first-order valence-electron chi connectivity index (χ1n) is 4.68. The van der Waals surface area contributed by atoms with E-state index in [2.05, 4.69) is 15.8 Å². The standard InChI is InChI=1S/C10H7ClFN3O2/c11-6-3-5(1-2-7(6)12)13-10(17)8-4-9(16)15-14-8/h1-3H,4H2,(H,13,17)(H,15,16). The third kappa shape index (κ3) is 2.59. The number of halogens is 2. The van der Waals surface area contributed by atoms with Crippen molar-refractivity contribution in [2.45, 2.75) is 6.42 Å². The van der Waals surface area contributed by atoms with Gasteiger partial charge in [0.25, 0.3) is 5.91 Å². The lowest BCUT2D eigenvalue weighted by Crippen LogP contribution is -2.22. The third-order valence-electron chi connectivity index (χ3n) is 2.08. The zero-order valence-corrected chi connectivity index (χ0v) is 9.21. The first kappa shape index (κ1) is 11.5. The second-order valence-electron chi connectivity index (χ2n) is 3.35. The SMILES string of the molecule is O=C1CC(C(=O)Nc2ccc(F)c(Cl)c2)=NN1. The number of carbonyl (C=O) groups excluding carboxylic acids is 2. The summed E-state index contributed by atoms with van der Waals surface area (Å²) in [6.45, 7) is 0. The number of hydrazone groups is 1. The van der Waals surface area contributed by atoms with Crippen LogP contribution in [0.15, 0.2) is 23.3 Å². The van der Waals surface area contributed by atoms with E-state index < -0.39 is 11.7 Å². The molecule has 7 heteroatoms. The van der Waals surface area contributed by atoms with Crippen molar-refractivity contribution in [3.05, 3.63) is 29.0 Å². The molecule has 88 valence electrons. The van der Waals surface area contributed by atoms with E-state index in [0.717, 1.165) is 6.07 Å². The highest BCUT2D eigenvalue weighted by molar-refractivity contribution is 6.46. The second-order valence-corrected chi connectivity index (χ2v) is 3.76. The van der Waals surface area contributed by atoms with Crippen LogP contribution in [0.2, 0.25) is 5.02 Å². The Kier molecular flexibility index (Phi) is 3.06. The van der Waals surface area contributed by atoms with Gasteiger partial charge in [0.1, 0.15) is 11.5 Å². The fourth-order valence-electron chi connectivity index (χ4n) is 1.27. The van der Waals surface area contributed by atoms with Gasteiger partial charge in [0.2, 0.25) is 5.91 Å². The Labute approximate surface area is 101 Å². The van der Waals surface area contributed by atoms with E-state index in [9.17, 15) is 14.0 Å². The van der Waals surface area contributed by atoms with Gasteiger partial charge >= 0.3 is 0 Å². The molecule has 1 aromatic carbocycles. The molecular formula is C10H7ClFN3O2. The predicted octanol–water partition coefficient (Wildman–Crippen LogP) is 1.29. The maximum Gasteiger partial charge on any atom is 0.272 e. The summed E-state index contributed by atoms with van der Waals surface area (Å²) in [6.07, 6.45) is -0.0687. The van der Waals surface area contributed by atoms with Crippen molar-refractivity contribution < 1.29 is 14.0 Å². The third-order valence-corrected chi connectivity index (χ3v) is 2.37. The normalized spacial score (nSPS) is 14.2. The molecular weight excluding hydrogens is 249 g/mol. The largest absolute Gasteiger partial charge is 0.321 e. The van der Waals surface area contributed by atoms with Crippen LogP contribution in [0, 0.1) is 5.82 Å². The second kappa shape index (κ2) is 4.50. The average molecular weight is 256 g/mol. The van der Waals surface area contributed by atoms with Crippen LogP contribution in [-0.2, 0) is 9.59 Å². The number of benzene rings is 1. The lowest BCUT2D eigenvalue weighted by atomic mass is 10.2. The van der Waals surface area contributed by atoms with E-state index >= 15 is 0 Å². The van der Waals surface area contributed by atoms with Gasteiger partial charge in [0.15, 0.2) is 0 Å². The highest BCUT2D eigenvalue weighted by Gasteiger charge is 2.21. The molecule has 0 atom stereocenters. The van der Waals surface area contributed by atoms with Gasteiger partial charge in [-0.2, -0.15) is 5.10 Å².